The number of hydrogen-bond acceptors (Lipinski definition) is 5. The molecule has 6 nitrogen and oxygen atoms in total. The molecule has 0 radical (unpaired) electrons. The van der Waals surface area contributed by atoms with Gasteiger partial charge in [-0.25, -0.2) is 0 Å². The number of benzene rings is 2. The molecule has 3 heterocycles. The van der Waals surface area contributed by atoms with E-state index in [1.165, 1.54) is 0 Å². The van der Waals surface area contributed by atoms with Crippen molar-refractivity contribution in [1.82, 2.24) is 19.8 Å². The van der Waals surface area contributed by atoms with E-state index in [0.717, 1.165) is 42.2 Å². The van der Waals surface area contributed by atoms with E-state index in [0.29, 0.717) is 5.65 Å². The average Bonchev–Trinajstić information content (AvgIpc) is 3.43. The van der Waals surface area contributed by atoms with Crippen molar-refractivity contribution in [2.24, 2.45) is 0 Å². The van der Waals surface area contributed by atoms with Gasteiger partial charge in [-0.3, -0.25) is 0 Å². The topological polar surface area (TPSA) is 70.1 Å². The molecule has 0 aliphatic carbocycles. The van der Waals surface area contributed by atoms with Crippen LogP contribution < -0.4 is 4.90 Å². The summed E-state index contributed by atoms with van der Waals surface area (Å²) in [5.74, 6) is 1.39. The maximum absolute atomic E-state index is 9.91. The molecule has 1 fully saturated rings. The summed E-state index contributed by atoms with van der Waals surface area (Å²) in [6, 6.07) is 26.5. The largest absolute Gasteiger partial charge is 0.351 e. The van der Waals surface area contributed by atoms with Crippen LogP contribution in [0.5, 0.6) is 0 Å². The Labute approximate surface area is 169 Å². The minimum absolute atomic E-state index is 0.101. The fraction of sp³-hybridized carbons (Fsp3) is 0.217. The Bertz CT molecular complexity index is 1160. The van der Waals surface area contributed by atoms with Gasteiger partial charge >= 0.3 is 0 Å². The van der Waals surface area contributed by atoms with E-state index < -0.39 is 0 Å². The summed E-state index contributed by atoms with van der Waals surface area (Å²) in [4.78, 5) is 2.26. The first-order chi connectivity index (χ1) is 14.3. The van der Waals surface area contributed by atoms with Crippen molar-refractivity contribution in [3.05, 3.63) is 78.4 Å². The van der Waals surface area contributed by atoms with Gasteiger partial charge in [-0.15, -0.1) is 15.3 Å². The standard InChI is InChI=1S/C23H20N6/c24-16-19(17-8-3-1-4-9-17)20-12-7-15-28(20)22-14-13-21-25-26-23(29(21)27-22)18-10-5-2-6-11-18/h1-6,8-11,13-14,19-20H,7,12,15H2. The van der Waals surface area contributed by atoms with Crippen LogP contribution in [0.4, 0.5) is 5.82 Å². The summed E-state index contributed by atoms with van der Waals surface area (Å²) in [5, 5.41) is 23.4. The minimum atomic E-state index is -0.189. The minimum Gasteiger partial charge on any atom is -0.351 e. The van der Waals surface area contributed by atoms with E-state index in [4.69, 9.17) is 5.10 Å². The third-order valence-electron chi connectivity index (χ3n) is 5.56. The molecule has 0 bridgehead atoms. The monoisotopic (exact) mass is 380 g/mol. The Morgan fingerprint density at radius 3 is 2.45 bits per heavy atom. The van der Waals surface area contributed by atoms with Gasteiger partial charge in [0.15, 0.2) is 11.5 Å². The normalized spacial score (nSPS) is 17.3. The van der Waals surface area contributed by atoms with Crippen molar-refractivity contribution in [2.45, 2.75) is 24.8 Å². The molecule has 4 aromatic rings. The summed E-state index contributed by atoms with van der Waals surface area (Å²) < 4.78 is 1.80. The fourth-order valence-corrected chi connectivity index (χ4v) is 4.17. The van der Waals surface area contributed by atoms with E-state index >= 15 is 0 Å². The van der Waals surface area contributed by atoms with E-state index in [1.807, 2.05) is 72.8 Å². The van der Waals surface area contributed by atoms with Crippen LogP contribution in [0.25, 0.3) is 17.0 Å². The summed E-state index contributed by atoms with van der Waals surface area (Å²) in [6.07, 6.45) is 2.02. The second kappa shape index (κ2) is 7.36. The van der Waals surface area contributed by atoms with Gasteiger partial charge in [-0.2, -0.15) is 9.78 Å². The first kappa shape index (κ1) is 17.4. The van der Waals surface area contributed by atoms with E-state index in [1.54, 1.807) is 4.52 Å². The van der Waals surface area contributed by atoms with Crippen LogP contribution in [0.1, 0.15) is 24.3 Å². The highest BCUT2D eigenvalue weighted by molar-refractivity contribution is 5.59. The van der Waals surface area contributed by atoms with E-state index in [-0.39, 0.29) is 12.0 Å². The lowest BCUT2D eigenvalue weighted by Gasteiger charge is -2.29. The SMILES string of the molecule is N#CC(c1ccccc1)C1CCCN1c1ccc2nnc(-c3ccccc3)n2n1. The lowest BCUT2D eigenvalue weighted by Crippen LogP contribution is -2.35. The van der Waals surface area contributed by atoms with Gasteiger partial charge in [-0.1, -0.05) is 60.7 Å². The van der Waals surface area contributed by atoms with Crippen LogP contribution >= 0.6 is 0 Å². The van der Waals surface area contributed by atoms with Crippen LogP contribution in [0.15, 0.2) is 72.8 Å². The average molecular weight is 380 g/mol. The number of nitrogens with zero attached hydrogens (tertiary/aromatic N) is 6. The van der Waals surface area contributed by atoms with Crippen LogP contribution in [0.3, 0.4) is 0 Å². The molecule has 1 saturated heterocycles. The van der Waals surface area contributed by atoms with Crippen LogP contribution in [-0.4, -0.2) is 32.4 Å². The van der Waals surface area contributed by atoms with E-state index in [9.17, 15) is 5.26 Å². The van der Waals surface area contributed by atoms with Crippen molar-refractivity contribution in [3.63, 3.8) is 0 Å². The molecule has 6 heteroatoms. The maximum Gasteiger partial charge on any atom is 0.185 e. The highest BCUT2D eigenvalue weighted by Gasteiger charge is 2.34. The predicted octanol–water partition coefficient (Wildman–Crippen LogP) is 4.07. The van der Waals surface area contributed by atoms with Crippen LogP contribution in [0, 0.1) is 11.3 Å². The Hall–Kier alpha value is -3.72. The molecule has 2 unspecified atom stereocenters. The molecule has 0 amide bonds. The molecule has 29 heavy (non-hydrogen) atoms. The molecule has 1 aliphatic heterocycles. The summed E-state index contributed by atoms with van der Waals surface area (Å²) >= 11 is 0. The number of fused-ring (bicyclic) bond motifs is 1. The summed E-state index contributed by atoms with van der Waals surface area (Å²) in [6.45, 7) is 0.886. The first-order valence-corrected chi connectivity index (χ1v) is 9.84. The molecule has 142 valence electrons. The Morgan fingerprint density at radius 2 is 1.69 bits per heavy atom. The van der Waals surface area contributed by atoms with Gasteiger partial charge in [0.2, 0.25) is 0 Å². The molecular formula is C23H20N6. The van der Waals surface area contributed by atoms with Crippen LogP contribution in [0.2, 0.25) is 0 Å². The van der Waals surface area contributed by atoms with Gasteiger partial charge in [-0.05, 0) is 30.5 Å². The maximum atomic E-state index is 9.91. The lowest BCUT2D eigenvalue weighted by molar-refractivity contribution is 0.604. The third kappa shape index (κ3) is 3.11. The van der Waals surface area contributed by atoms with Crippen molar-refractivity contribution in [1.29, 1.82) is 5.26 Å². The zero-order chi connectivity index (χ0) is 19.6. The first-order valence-electron chi connectivity index (χ1n) is 9.84. The van der Waals surface area contributed by atoms with E-state index in [2.05, 4.69) is 21.2 Å². The van der Waals surface area contributed by atoms with Gasteiger partial charge in [0, 0.05) is 12.1 Å². The molecule has 0 spiro atoms. The van der Waals surface area contributed by atoms with Crippen molar-refractivity contribution < 1.29 is 0 Å². The summed E-state index contributed by atoms with van der Waals surface area (Å²) in [7, 11) is 0. The van der Waals surface area contributed by atoms with Gasteiger partial charge in [0.05, 0.1) is 18.0 Å². The van der Waals surface area contributed by atoms with Gasteiger partial charge in [0.1, 0.15) is 5.82 Å². The summed E-state index contributed by atoms with van der Waals surface area (Å²) in [5.41, 5.74) is 2.74. The highest BCUT2D eigenvalue weighted by Crippen LogP contribution is 2.34. The zero-order valence-electron chi connectivity index (χ0n) is 15.9. The smallest absolute Gasteiger partial charge is 0.185 e. The molecule has 2 aromatic carbocycles. The van der Waals surface area contributed by atoms with Crippen molar-refractivity contribution >= 4 is 11.5 Å². The number of anilines is 1. The molecule has 2 atom stereocenters. The number of aromatic nitrogens is 4. The second-order valence-corrected chi connectivity index (χ2v) is 7.27. The fourth-order valence-electron chi connectivity index (χ4n) is 4.17. The predicted molar refractivity (Wildman–Crippen MR) is 111 cm³/mol. The van der Waals surface area contributed by atoms with Gasteiger partial charge in [0.25, 0.3) is 0 Å². The zero-order valence-corrected chi connectivity index (χ0v) is 15.9. The van der Waals surface area contributed by atoms with Crippen LogP contribution in [-0.2, 0) is 0 Å². The highest BCUT2D eigenvalue weighted by atomic mass is 15.4. The molecule has 0 saturated carbocycles. The quantitative estimate of drug-likeness (QED) is 0.534. The lowest BCUT2D eigenvalue weighted by atomic mass is 9.91. The molecule has 1 aliphatic rings. The molecule has 0 N–H and O–H groups in total. The van der Waals surface area contributed by atoms with Crippen molar-refractivity contribution in [3.8, 4) is 17.5 Å². The number of nitriles is 1. The molecule has 5 rings (SSSR count). The Balaban J connectivity index is 1.54. The Kier molecular flexibility index (Phi) is 4.41. The second-order valence-electron chi connectivity index (χ2n) is 7.27. The molecule has 2 aromatic heterocycles. The third-order valence-corrected chi connectivity index (χ3v) is 5.56. The number of rotatable bonds is 4. The van der Waals surface area contributed by atoms with Crippen molar-refractivity contribution in [2.75, 3.05) is 11.4 Å². The Morgan fingerprint density at radius 1 is 0.931 bits per heavy atom. The van der Waals surface area contributed by atoms with Gasteiger partial charge < -0.3 is 4.90 Å². The number of hydrogen-bond donors (Lipinski definition) is 0. The molecular weight excluding hydrogens is 360 g/mol.